The van der Waals surface area contributed by atoms with Gasteiger partial charge in [-0.05, 0) is 35.4 Å². The number of aryl methyl sites for hydroxylation is 1. The molecule has 1 atom stereocenters. The number of carbonyl (C=O) groups excluding carboxylic acids is 1. The highest BCUT2D eigenvalue weighted by atomic mass is 16.5. The van der Waals surface area contributed by atoms with Crippen LogP contribution in [0.5, 0.6) is 0 Å². The number of nitrogens with one attached hydrogen (secondary N) is 3. The molecule has 0 radical (unpaired) electrons. The maximum absolute atomic E-state index is 12.8. The number of ether oxygens (including phenoxy) is 1. The maximum Gasteiger partial charge on any atom is 0.407 e. The first-order chi connectivity index (χ1) is 22.3. The van der Waals surface area contributed by atoms with Crippen LogP contribution in [0.15, 0.2) is 60.9 Å². The van der Waals surface area contributed by atoms with Gasteiger partial charge in [-0.3, -0.25) is 4.90 Å². The molecular weight excluding hydrogens is 590 g/mol. The van der Waals surface area contributed by atoms with Crippen molar-refractivity contribution in [1.82, 2.24) is 34.3 Å². The number of piperazine rings is 1. The van der Waals surface area contributed by atoms with E-state index in [4.69, 9.17) is 10.00 Å². The monoisotopic (exact) mass is 625 g/mol. The highest BCUT2D eigenvalue weighted by Crippen LogP contribution is 2.20. The molecule has 3 heterocycles. The van der Waals surface area contributed by atoms with E-state index in [0.717, 1.165) is 22.6 Å². The normalized spacial score (nSPS) is 13.8. The van der Waals surface area contributed by atoms with Crippen LogP contribution in [0.4, 0.5) is 28.3 Å². The van der Waals surface area contributed by atoms with Crippen LogP contribution in [0.25, 0.3) is 0 Å². The van der Waals surface area contributed by atoms with E-state index in [-0.39, 0.29) is 24.3 Å². The van der Waals surface area contributed by atoms with Gasteiger partial charge in [0.05, 0.1) is 25.3 Å². The smallest absolute Gasteiger partial charge is 0.407 e. The second-order valence-corrected chi connectivity index (χ2v) is 10.7. The lowest BCUT2D eigenvalue weighted by molar-refractivity contribution is -0.141. The zero-order chi connectivity index (χ0) is 32.5. The number of methoxy groups -OCH3 is 1. The highest BCUT2D eigenvalue weighted by molar-refractivity contribution is 5.79. The predicted molar refractivity (Wildman–Crippen MR) is 169 cm³/mol. The second kappa shape index (κ2) is 14.8. The number of nitrogens with zero attached hydrogens (tertiary/aromatic N) is 8. The summed E-state index contributed by atoms with van der Waals surface area (Å²) < 4.78 is 6.94. The third-order valence-corrected chi connectivity index (χ3v) is 7.51. The van der Waals surface area contributed by atoms with Crippen LogP contribution in [-0.4, -0.2) is 90.8 Å². The summed E-state index contributed by atoms with van der Waals surface area (Å²) in [6.45, 7) is 3.27. The predicted octanol–water partition coefficient (Wildman–Crippen LogP) is 2.82. The second-order valence-electron chi connectivity index (χ2n) is 10.7. The van der Waals surface area contributed by atoms with Crippen molar-refractivity contribution in [3.05, 3.63) is 83.4 Å². The Morgan fingerprint density at radius 2 is 1.76 bits per heavy atom. The van der Waals surface area contributed by atoms with E-state index in [9.17, 15) is 14.7 Å². The van der Waals surface area contributed by atoms with Gasteiger partial charge in [0.15, 0.2) is 0 Å². The van der Waals surface area contributed by atoms with Crippen LogP contribution in [0, 0.1) is 11.3 Å². The fraction of sp³-hybridized carbons (Fsp3) is 0.323. The van der Waals surface area contributed by atoms with Gasteiger partial charge in [-0.2, -0.15) is 20.2 Å². The van der Waals surface area contributed by atoms with E-state index < -0.39 is 18.1 Å². The quantitative estimate of drug-likeness (QED) is 0.169. The number of nitriles is 1. The fourth-order valence-corrected chi connectivity index (χ4v) is 4.97. The first kappa shape index (κ1) is 31.7. The average Bonchev–Trinajstić information content (AvgIpc) is 3.48. The largest absolute Gasteiger partial charge is 0.467 e. The Bertz CT molecular complexity index is 1700. The molecule has 1 aliphatic rings. The number of esters is 1. The molecule has 15 nitrogen and oxygen atoms in total. The van der Waals surface area contributed by atoms with Crippen LogP contribution >= 0.6 is 0 Å². The third-order valence-electron chi connectivity index (χ3n) is 7.51. The molecule has 4 N–H and O–H groups in total. The lowest BCUT2D eigenvalue weighted by atomic mass is 10.0. The van der Waals surface area contributed by atoms with E-state index in [0.29, 0.717) is 44.8 Å². The van der Waals surface area contributed by atoms with Gasteiger partial charge in [-0.15, -0.1) is 0 Å². The summed E-state index contributed by atoms with van der Waals surface area (Å²) in [4.78, 5) is 45.7. The number of aromatic nitrogens is 5. The first-order valence-corrected chi connectivity index (χ1v) is 14.7. The Hall–Kier alpha value is -5.75. The molecule has 1 aliphatic heterocycles. The molecule has 4 aromatic rings. The van der Waals surface area contributed by atoms with Crippen LogP contribution in [0.2, 0.25) is 0 Å². The Kier molecular flexibility index (Phi) is 10.2. The number of hydrogen-bond donors (Lipinski definition) is 4. The van der Waals surface area contributed by atoms with Crippen LogP contribution < -0.4 is 16.0 Å². The van der Waals surface area contributed by atoms with Gasteiger partial charge in [-0.25, -0.2) is 14.6 Å². The first-order valence-electron chi connectivity index (χ1n) is 14.7. The van der Waals surface area contributed by atoms with Gasteiger partial charge in [0, 0.05) is 64.3 Å². The number of anilines is 4. The molecule has 5 rings (SSSR count). The van der Waals surface area contributed by atoms with Gasteiger partial charge in [0.25, 0.3) is 0 Å². The van der Waals surface area contributed by atoms with Crippen molar-refractivity contribution < 1.29 is 19.4 Å². The van der Waals surface area contributed by atoms with Crippen molar-refractivity contribution >= 4 is 35.6 Å². The summed E-state index contributed by atoms with van der Waals surface area (Å²) in [5, 5.41) is 27.9. The summed E-state index contributed by atoms with van der Waals surface area (Å²) in [6.07, 6.45) is 2.92. The van der Waals surface area contributed by atoms with Crippen molar-refractivity contribution in [2.45, 2.75) is 25.6 Å². The molecule has 15 heteroatoms. The summed E-state index contributed by atoms with van der Waals surface area (Å²) in [6, 6.07) is 16.1. The number of rotatable bonds is 12. The Morgan fingerprint density at radius 1 is 1.02 bits per heavy atom. The molecule has 1 unspecified atom stereocenters. The molecule has 46 heavy (non-hydrogen) atoms. The minimum Gasteiger partial charge on any atom is -0.467 e. The molecule has 0 spiro atoms. The van der Waals surface area contributed by atoms with Crippen LogP contribution in [0.1, 0.15) is 22.5 Å². The standard InChI is InChI=1S/C31H35N11O4/c1-40-11-10-33-26(40)19-34-28-37-29(35-24-5-3-4-23(16-24)20-41-12-14-42(15-13-41)31(44)45)39-30(38-28)36-25(27(43)46-2)17-21-6-8-22(18-32)9-7-21/h3-11,16,25H,12-15,17,19-20H2,1-2H3,(H,44,45)(H3,34,35,36,37,38,39). The number of carboxylic acid groups (broad SMARTS) is 1. The van der Waals surface area contributed by atoms with E-state index in [1.54, 1.807) is 30.5 Å². The van der Waals surface area contributed by atoms with Gasteiger partial charge in [-0.1, -0.05) is 24.3 Å². The molecular formula is C31H35N11O4. The molecule has 2 aromatic carbocycles. The van der Waals surface area contributed by atoms with E-state index in [1.807, 2.05) is 42.1 Å². The average molecular weight is 626 g/mol. The van der Waals surface area contributed by atoms with E-state index in [1.165, 1.54) is 12.0 Å². The Balaban J connectivity index is 1.35. The maximum atomic E-state index is 12.8. The van der Waals surface area contributed by atoms with Gasteiger partial charge in [0.2, 0.25) is 17.8 Å². The summed E-state index contributed by atoms with van der Waals surface area (Å²) in [7, 11) is 3.20. The van der Waals surface area contributed by atoms with Crippen molar-refractivity contribution in [2.75, 3.05) is 49.2 Å². The molecule has 0 aliphatic carbocycles. The zero-order valence-corrected chi connectivity index (χ0v) is 25.6. The Morgan fingerprint density at radius 3 is 2.43 bits per heavy atom. The molecule has 1 saturated heterocycles. The summed E-state index contributed by atoms with van der Waals surface area (Å²) >= 11 is 0. The van der Waals surface area contributed by atoms with Crippen molar-refractivity contribution in [3.63, 3.8) is 0 Å². The van der Waals surface area contributed by atoms with Crippen LogP contribution in [0.3, 0.4) is 0 Å². The Labute approximate surface area is 265 Å². The SMILES string of the molecule is COC(=O)C(Cc1ccc(C#N)cc1)Nc1nc(NCc2nccn2C)nc(Nc2cccc(CN3CCN(C(=O)O)CC3)c2)n1. The molecule has 238 valence electrons. The topological polar surface area (TPSA) is 186 Å². The molecule has 1 fully saturated rings. The van der Waals surface area contributed by atoms with Gasteiger partial charge in [0.1, 0.15) is 11.9 Å². The number of hydrogen-bond acceptors (Lipinski definition) is 12. The molecule has 2 aromatic heterocycles. The molecule has 0 saturated carbocycles. The van der Waals surface area contributed by atoms with E-state index in [2.05, 4.69) is 46.9 Å². The minimum absolute atomic E-state index is 0.149. The van der Waals surface area contributed by atoms with Gasteiger partial charge < -0.3 is 35.3 Å². The van der Waals surface area contributed by atoms with Crippen molar-refractivity contribution in [2.24, 2.45) is 7.05 Å². The fourth-order valence-electron chi connectivity index (χ4n) is 4.97. The summed E-state index contributed by atoms with van der Waals surface area (Å²) in [5.41, 5.74) is 3.13. The zero-order valence-electron chi connectivity index (χ0n) is 25.6. The number of benzene rings is 2. The number of imidazole rings is 1. The number of carbonyl (C=O) groups is 2. The third kappa shape index (κ3) is 8.45. The van der Waals surface area contributed by atoms with Crippen LogP contribution in [-0.2, 0) is 36.1 Å². The lowest BCUT2D eigenvalue weighted by Crippen LogP contribution is -2.47. The lowest BCUT2D eigenvalue weighted by Gasteiger charge is -2.33. The summed E-state index contributed by atoms with van der Waals surface area (Å²) in [5.74, 6) is 0.927. The van der Waals surface area contributed by atoms with Gasteiger partial charge >= 0.3 is 12.1 Å². The minimum atomic E-state index is -0.891. The van der Waals surface area contributed by atoms with Crippen molar-refractivity contribution in [1.29, 1.82) is 5.26 Å². The molecule has 0 bridgehead atoms. The molecule has 1 amide bonds. The number of amides is 1. The van der Waals surface area contributed by atoms with E-state index >= 15 is 0 Å². The van der Waals surface area contributed by atoms with Crippen molar-refractivity contribution in [3.8, 4) is 6.07 Å². The highest BCUT2D eigenvalue weighted by Gasteiger charge is 2.23.